The van der Waals surface area contributed by atoms with Crippen molar-refractivity contribution in [2.75, 3.05) is 39.3 Å². The van der Waals surface area contributed by atoms with Crippen LogP contribution in [0.25, 0.3) is 11.0 Å². The summed E-state index contributed by atoms with van der Waals surface area (Å²) < 4.78 is 5.39. The minimum Gasteiger partial charge on any atom is -0.445 e. The standard InChI is InChI=1S/C21H23ClN6O3/c22-17-4-1-15(2-5-17)14-31-21(30)28-11-9-27(10-12-28)8-7-23-20(29)16-3-6-18-19(13-16)25-26-24-18/h1-6,13H,7-12,14H2,(H,23,29)(H,24,25,26). The number of carbonyl (C=O) groups is 2. The van der Waals surface area contributed by atoms with Gasteiger partial charge in [-0.15, -0.1) is 5.10 Å². The van der Waals surface area contributed by atoms with Crippen molar-refractivity contribution in [2.45, 2.75) is 6.61 Å². The molecule has 1 aromatic heterocycles. The summed E-state index contributed by atoms with van der Waals surface area (Å²) in [6.45, 7) is 4.12. The fourth-order valence-electron chi connectivity index (χ4n) is 3.38. The lowest BCUT2D eigenvalue weighted by Crippen LogP contribution is -2.50. The third-order valence-corrected chi connectivity index (χ3v) is 5.46. The molecule has 162 valence electrons. The monoisotopic (exact) mass is 442 g/mol. The van der Waals surface area contributed by atoms with Crippen molar-refractivity contribution in [2.24, 2.45) is 0 Å². The Balaban J connectivity index is 1.15. The lowest BCUT2D eigenvalue weighted by Gasteiger charge is -2.34. The van der Waals surface area contributed by atoms with E-state index >= 15 is 0 Å². The number of ether oxygens (including phenoxy) is 1. The summed E-state index contributed by atoms with van der Waals surface area (Å²) in [5, 5.41) is 14.0. The van der Waals surface area contributed by atoms with Crippen LogP contribution in [0, 0.1) is 0 Å². The Morgan fingerprint density at radius 2 is 1.87 bits per heavy atom. The normalized spacial score (nSPS) is 14.5. The van der Waals surface area contributed by atoms with Crippen LogP contribution < -0.4 is 5.32 Å². The molecule has 0 aliphatic carbocycles. The molecule has 0 saturated carbocycles. The fourth-order valence-corrected chi connectivity index (χ4v) is 3.51. The van der Waals surface area contributed by atoms with Crippen LogP contribution in [0.1, 0.15) is 15.9 Å². The number of halogens is 1. The number of aromatic nitrogens is 3. The van der Waals surface area contributed by atoms with Gasteiger partial charge in [0.05, 0.1) is 5.52 Å². The largest absolute Gasteiger partial charge is 0.445 e. The van der Waals surface area contributed by atoms with Gasteiger partial charge in [0.1, 0.15) is 12.1 Å². The molecular formula is C21H23ClN6O3. The molecule has 1 aliphatic heterocycles. The molecular weight excluding hydrogens is 420 g/mol. The zero-order valence-electron chi connectivity index (χ0n) is 16.9. The van der Waals surface area contributed by atoms with E-state index in [1.54, 1.807) is 35.2 Å². The Bertz CT molecular complexity index is 1050. The van der Waals surface area contributed by atoms with Crippen LogP contribution in [0.3, 0.4) is 0 Å². The van der Waals surface area contributed by atoms with Crippen molar-refractivity contribution in [3.63, 3.8) is 0 Å². The number of rotatable bonds is 6. The number of nitrogens with zero attached hydrogens (tertiary/aromatic N) is 4. The summed E-state index contributed by atoms with van der Waals surface area (Å²) in [4.78, 5) is 28.5. The zero-order valence-corrected chi connectivity index (χ0v) is 17.6. The lowest BCUT2D eigenvalue weighted by molar-refractivity contribution is 0.0716. The fraction of sp³-hybridized carbons (Fsp3) is 0.333. The first-order valence-electron chi connectivity index (χ1n) is 10.1. The van der Waals surface area contributed by atoms with Crippen molar-refractivity contribution >= 4 is 34.6 Å². The van der Waals surface area contributed by atoms with E-state index in [4.69, 9.17) is 16.3 Å². The first-order chi connectivity index (χ1) is 15.1. The second-order valence-electron chi connectivity index (χ2n) is 7.31. The van der Waals surface area contributed by atoms with Crippen LogP contribution in [-0.4, -0.2) is 76.5 Å². The first kappa shape index (κ1) is 21.1. The Morgan fingerprint density at radius 3 is 2.65 bits per heavy atom. The summed E-state index contributed by atoms with van der Waals surface area (Å²) in [5.41, 5.74) is 2.90. The number of hydrogen-bond acceptors (Lipinski definition) is 6. The van der Waals surface area contributed by atoms with E-state index < -0.39 is 0 Å². The van der Waals surface area contributed by atoms with Crippen molar-refractivity contribution in [3.05, 3.63) is 58.6 Å². The van der Waals surface area contributed by atoms with Gasteiger partial charge in [-0.2, -0.15) is 0 Å². The molecule has 9 nitrogen and oxygen atoms in total. The summed E-state index contributed by atoms with van der Waals surface area (Å²) in [7, 11) is 0. The molecule has 0 atom stereocenters. The molecule has 2 heterocycles. The van der Waals surface area contributed by atoms with Gasteiger partial charge >= 0.3 is 6.09 Å². The molecule has 0 spiro atoms. The van der Waals surface area contributed by atoms with Crippen LogP contribution in [-0.2, 0) is 11.3 Å². The van der Waals surface area contributed by atoms with Gasteiger partial charge < -0.3 is 15.0 Å². The predicted octanol–water partition coefficient (Wildman–Crippen LogP) is 2.30. The SMILES string of the molecule is O=C(NCCN1CCN(C(=O)OCc2ccc(Cl)cc2)CC1)c1ccc2[nH]nnc2c1. The average molecular weight is 443 g/mol. The molecule has 0 bridgehead atoms. The topological polar surface area (TPSA) is 103 Å². The van der Waals surface area contributed by atoms with Crippen LogP contribution in [0.15, 0.2) is 42.5 Å². The van der Waals surface area contributed by atoms with Crippen LogP contribution in [0.5, 0.6) is 0 Å². The zero-order chi connectivity index (χ0) is 21.6. The number of nitrogens with one attached hydrogen (secondary N) is 2. The quantitative estimate of drug-likeness (QED) is 0.607. The smallest absolute Gasteiger partial charge is 0.410 e. The molecule has 4 rings (SSSR count). The average Bonchev–Trinajstić information content (AvgIpc) is 3.27. The van der Waals surface area contributed by atoms with E-state index in [2.05, 4.69) is 25.6 Å². The second kappa shape index (κ2) is 9.76. The Hall–Kier alpha value is -3.17. The molecule has 10 heteroatoms. The lowest BCUT2D eigenvalue weighted by atomic mass is 10.2. The van der Waals surface area contributed by atoms with E-state index in [0.29, 0.717) is 42.3 Å². The highest BCUT2D eigenvalue weighted by atomic mass is 35.5. The van der Waals surface area contributed by atoms with E-state index in [0.717, 1.165) is 24.2 Å². The Labute approximate surface area is 184 Å². The van der Waals surface area contributed by atoms with Crippen molar-refractivity contribution in [1.82, 2.24) is 30.5 Å². The Morgan fingerprint density at radius 1 is 1.10 bits per heavy atom. The Kier molecular flexibility index (Phi) is 6.63. The maximum Gasteiger partial charge on any atom is 0.410 e. The van der Waals surface area contributed by atoms with Crippen LogP contribution in [0.2, 0.25) is 5.02 Å². The number of benzene rings is 2. The molecule has 2 N–H and O–H groups in total. The molecule has 31 heavy (non-hydrogen) atoms. The number of piperazine rings is 1. The van der Waals surface area contributed by atoms with E-state index in [-0.39, 0.29) is 18.6 Å². The molecule has 1 aliphatic rings. The third kappa shape index (κ3) is 5.50. The highest BCUT2D eigenvalue weighted by molar-refractivity contribution is 6.30. The number of hydrogen-bond donors (Lipinski definition) is 2. The van der Waals surface area contributed by atoms with E-state index in [1.165, 1.54) is 0 Å². The van der Waals surface area contributed by atoms with Gasteiger partial charge in [0, 0.05) is 49.9 Å². The van der Waals surface area contributed by atoms with Gasteiger partial charge in [-0.05, 0) is 35.9 Å². The van der Waals surface area contributed by atoms with Gasteiger partial charge in [0.2, 0.25) is 0 Å². The molecule has 3 aromatic rings. The van der Waals surface area contributed by atoms with Crippen molar-refractivity contribution in [3.8, 4) is 0 Å². The molecule has 1 saturated heterocycles. The number of H-pyrrole nitrogens is 1. The van der Waals surface area contributed by atoms with E-state index in [9.17, 15) is 9.59 Å². The summed E-state index contributed by atoms with van der Waals surface area (Å²) in [5.74, 6) is -0.144. The maximum absolute atomic E-state index is 12.3. The van der Waals surface area contributed by atoms with Crippen LogP contribution >= 0.6 is 11.6 Å². The molecule has 0 radical (unpaired) electrons. The number of fused-ring (bicyclic) bond motifs is 1. The molecule has 2 amide bonds. The van der Waals surface area contributed by atoms with Gasteiger partial charge in [0.15, 0.2) is 0 Å². The number of carbonyl (C=O) groups excluding carboxylic acids is 2. The number of amides is 2. The summed E-state index contributed by atoms with van der Waals surface area (Å²) in [6, 6.07) is 12.5. The van der Waals surface area contributed by atoms with Crippen LogP contribution in [0.4, 0.5) is 4.79 Å². The van der Waals surface area contributed by atoms with Gasteiger partial charge in [-0.3, -0.25) is 14.8 Å². The maximum atomic E-state index is 12.3. The van der Waals surface area contributed by atoms with Crippen molar-refractivity contribution in [1.29, 1.82) is 0 Å². The minimum absolute atomic E-state index is 0.144. The highest BCUT2D eigenvalue weighted by Crippen LogP contribution is 2.12. The molecule has 1 fully saturated rings. The summed E-state index contributed by atoms with van der Waals surface area (Å²) >= 11 is 5.86. The minimum atomic E-state index is -0.314. The molecule has 2 aromatic carbocycles. The summed E-state index contributed by atoms with van der Waals surface area (Å²) in [6.07, 6.45) is -0.314. The second-order valence-corrected chi connectivity index (χ2v) is 7.75. The van der Waals surface area contributed by atoms with E-state index in [1.807, 2.05) is 12.1 Å². The first-order valence-corrected chi connectivity index (χ1v) is 10.4. The van der Waals surface area contributed by atoms with Gasteiger partial charge in [-0.1, -0.05) is 28.9 Å². The van der Waals surface area contributed by atoms with Gasteiger partial charge in [-0.25, -0.2) is 4.79 Å². The van der Waals surface area contributed by atoms with Crippen molar-refractivity contribution < 1.29 is 14.3 Å². The highest BCUT2D eigenvalue weighted by Gasteiger charge is 2.22. The number of aromatic amines is 1. The third-order valence-electron chi connectivity index (χ3n) is 5.21. The predicted molar refractivity (Wildman–Crippen MR) is 116 cm³/mol. The molecule has 0 unspecified atom stereocenters. The van der Waals surface area contributed by atoms with Gasteiger partial charge in [0.25, 0.3) is 5.91 Å².